The van der Waals surface area contributed by atoms with Gasteiger partial charge in [0, 0.05) is 22.9 Å². The van der Waals surface area contributed by atoms with Crippen molar-refractivity contribution in [1.82, 2.24) is 0 Å². The first kappa shape index (κ1) is 13.6. The predicted molar refractivity (Wildman–Crippen MR) is 93.2 cm³/mol. The Morgan fingerprint density at radius 3 is 2.50 bits per heavy atom. The largest absolute Gasteiger partial charge is 0.456 e. The number of nitrogens with two attached hydrogens (primary N) is 1. The molecule has 1 spiro atoms. The van der Waals surface area contributed by atoms with Gasteiger partial charge in [0.05, 0.1) is 6.61 Å². The average Bonchev–Trinajstić information content (AvgIpc) is 2.95. The van der Waals surface area contributed by atoms with Crippen LogP contribution >= 0.6 is 0 Å². The van der Waals surface area contributed by atoms with Crippen LogP contribution in [0.3, 0.4) is 0 Å². The van der Waals surface area contributed by atoms with Gasteiger partial charge in [-0.05, 0) is 41.8 Å². The molecule has 2 aliphatic rings. The Hall–Kier alpha value is -2.78. The van der Waals surface area contributed by atoms with Gasteiger partial charge in [-0.15, -0.1) is 0 Å². The summed E-state index contributed by atoms with van der Waals surface area (Å²) in [4.78, 5) is 0. The summed E-state index contributed by atoms with van der Waals surface area (Å²) in [6, 6.07) is 20.5. The SMILES string of the molecule is Cc1ccc2c(c1)Oc1cc(N)ccc1C21OCc2ccccc21. The second-order valence-electron chi connectivity index (χ2n) is 6.48. The van der Waals surface area contributed by atoms with Crippen LogP contribution in [0.2, 0.25) is 0 Å². The zero-order valence-electron chi connectivity index (χ0n) is 13.4. The summed E-state index contributed by atoms with van der Waals surface area (Å²) in [7, 11) is 0. The van der Waals surface area contributed by atoms with Gasteiger partial charge in [0.2, 0.25) is 0 Å². The predicted octanol–water partition coefficient (Wildman–Crippen LogP) is 4.51. The van der Waals surface area contributed by atoms with Crippen molar-refractivity contribution < 1.29 is 9.47 Å². The smallest absolute Gasteiger partial charge is 0.151 e. The van der Waals surface area contributed by atoms with E-state index in [1.807, 2.05) is 18.2 Å². The monoisotopic (exact) mass is 315 g/mol. The lowest BCUT2D eigenvalue weighted by Crippen LogP contribution is -2.32. The molecular formula is C21H17NO2. The van der Waals surface area contributed by atoms with Crippen LogP contribution in [0.15, 0.2) is 60.7 Å². The first-order valence-electron chi connectivity index (χ1n) is 8.10. The van der Waals surface area contributed by atoms with E-state index in [0.717, 1.165) is 28.2 Å². The number of nitrogen functional groups attached to an aromatic ring is 1. The van der Waals surface area contributed by atoms with Gasteiger partial charge in [0.25, 0.3) is 0 Å². The summed E-state index contributed by atoms with van der Waals surface area (Å²) in [5, 5.41) is 0. The molecule has 0 amide bonds. The molecule has 0 bridgehead atoms. The molecular weight excluding hydrogens is 298 g/mol. The van der Waals surface area contributed by atoms with Gasteiger partial charge in [-0.3, -0.25) is 0 Å². The molecule has 3 aromatic rings. The molecule has 0 aromatic heterocycles. The maximum absolute atomic E-state index is 6.46. The Kier molecular flexibility index (Phi) is 2.62. The fourth-order valence-corrected chi connectivity index (χ4v) is 3.88. The van der Waals surface area contributed by atoms with E-state index in [1.54, 1.807) is 0 Å². The first-order valence-corrected chi connectivity index (χ1v) is 8.10. The van der Waals surface area contributed by atoms with Gasteiger partial charge in [-0.2, -0.15) is 0 Å². The minimum Gasteiger partial charge on any atom is -0.456 e. The summed E-state index contributed by atoms with van der Waals surface area (Å²) in [6.45, 7) is 2.65. The Balaban J connectivity index is 1.88. The van der Waals surface area contributed by atoms with Gasteiger partial charge in [0.15, 0.2) is 5.60 Å². The van der Waals surface area contributed by atoms with Crippen molar-refractivity contribution in [1.29, 1.82) is 0 Å². The number of rotatable bonds is 0. The molecule has 2 heterocycles. The van der Waals surface area contributed by atoms with Crippen LogP contribution in [0.25, 0.3) is 0 Å². The third kappa shape index (κ3) is 1.65. The number of benzene rings is 3. The Morgan fingerprint density at radius 1 is 0.875 bits per heavy atom. The highest BCUT2D eigenvalue weighted by Gasteiger charge is 2.49. The van der Waals surface area contributed by atoms with Crippen molar-refractivity contribution in [3.05, 3.63) is 88.5 Å². The summed E-state index contributed by atoms with van der Waals surface area (Å²) in [5.41, 5.74) is 11.7. The molecule has 0 saturated carbocycles. The molecule has 24 heavy (non-hydrogen) atoms. The van der Waals surface area contributed by atoms with E-state index in [9.17, 15) is 0 Å². The minimum absolute atomic E-state index is 0.591. The van der Waals surface area contributed by atoms with Crippen LogP contribution in [0.1, 0.15) is 27.8 Å². The van der Waals surface area contributed by atoms with Gasteiger partial charge in [0.1, 0.15) is 11.5 Å². The molecule has 5 rings (SSSR count). The van der Waals surface area contributed by atoms with Crippen LogP contribution in [0.4, 0.5) is 5.69 Å². The lowest BCUT2D eigenvalue weighted by atomic mass is 9.77. The number of hydrogen-bond donors (Lipinski definition) is 1. The third-order valence-corrected chi connectivity index (χ3v) is 4.96. The summed E-state index contributed by atoms with van der Waals surface area (Å²) in [6.07, 6.45) is 0. The van der Waals surface area contributed by atoms with Crippen molar-refractivity contribution in [2.24, 2.45) is 0 Å². The van der Waals surface area contributed by atoms with E-state index in [2.05, 4.69) is 49.4 Å². The molecule has 2 N–H and O–H groups in total. The van der Waals surface area contributed by atoms with Gasteiger partial charge in [-0.25, -0.2) is 0 Å². The molecule has 0 aliphatic carbocycles. The topological polar surface area (TPSA) is 44.5 Å². The number of aryl methyl sites for hydroxylation is 1. The molecule has 1 unspecified atom stereocenters. The highest BCUT2D eigenvalue weighted by atomic mass is 16.5. The quantitative estimate of drug-likeness (QED) is 0.621. The van der Waals surface area contributed by atoms with Crippen molar-refractivity contribution in [2.45, 2.75) is 19.1 Å². The molecule has 3 aromatic carbocycles. The van der Waals surface area contributed by atoms with E-state index in [0.29, 0.717) is 12.3 Å². The Labute approximate surface area is 140 Å². The summed E-state index contributed by atoms with van der Waals surface area (Å²) >= 11 is 0. The lowest BCUT2D eigenvalue weighted by molar-refractivity contribution is 0.0199. The van der Waals surface area contributed by atoms with E-state index < -0.39 is 5.60 Å². The molecule has 0 fully saturated rings. The third-order valence-electron chi connectivity index (χ3n) is 4.96. The zero-order valence-corrected chi connectivity index (χ0v) is 13.4. The van der Waals surface area contributed by atoms with Crippen molar-refractivity contribution >= 4 is 5.69 Å². The number of hydrogen-bond acceptors (Lipinski definition) is 3. The maximum Gasteiger partial charge on any atom is 0.151 e. The minimum atomic E-state index is -0.624. The summed E-state index contributed by atoms with van der Waals surface area (Å²) in [5.74, 6) is 1.61. The number of ether oxygens (including phenoxy) is 2. The van der Waals surface area contributed by atoms with E-state index in [4.69, 9.17) is 15.2 Å². The normalized spacial score (nSPS) is 20.2. The zero-order chi connectivity index (χ0) is 16.3. The van der Waals surface area contributed by atoms with E-state index in [1.165, 1.54) is 11.1 Å². The van der Waals surface area contributed by atoms with Crippen molar-refractivity contribution in [2.75, 3.05) is 5.73 Å². The summed E-state index contributed by atoms with van der Waals surface area (Å²) < 4.78 is 12.6. The Morgan fingerprint density at radius 2 is 1.62 bits per heavy atom. The second-order valence-corrected chi connectivity index (χ2v) is 6.48. The second kappa shape index (κ2) is 4.62. The van der Waals surface area contributed by atoms with Crippen molar-refractivity contribution in [3.63, 3.8) is 0 Å². The molecule has 2 aliphatic heterocycles. The lowest BCUT2D eigenvalue weighted by Gasteiger charge is -2.37. The average molecular weight is 315 g/mol. The number of anilines is 1. The van der Waals surface area contributed by atoms with E-state index >= 15 is 0 Å². The number of fused-ring (bicyclic) bond motifs is 6. The standard InChI is InChI=1S/C21H17NO2/c1-13-6-8-17-19(10-13)24-20-11-15(22)7-9-18(20)21(17)16-5-3-2-4-14(16)12-23-21/h2-11H,12,22H2,1H3. The van der Waals surface area contributed by atoms with Gasteiger partial charge in [-0.1, -0.05) is 36.4 Å². The van der Waals surface area contributed by atoms with Crippen LogP contribution < -0.4 is 10.5 Å². The van der Waals surface area contributed by atoms with Crippen LogP contribution in [0, 0.1) is 6.92 Å². The van der Waals surface area contributed by atoms with Gasteiger partial charge >= 0.3 is 0 Å². The highest BCUT2D eigenvalue weighted by Crippen LogP contribution is 2.56. The van der Waals surface area contributed by atoms with Gasteiger partial charge < -0.3 is 15.2 Å². The fraction of sp³-hybridized carbons (Fsp3) is 0.143. The molecule has 1 atom stereocenters. The fourth-order valence-electron chi connectivity index (χ4n) is 3.88. The van der Waals surface area contributed by atoms with Crippen LogP contribution in [-0.4, -0.2) is 0 Å². The van der Waals surface area contributed by atoms with E-state index in [-0.39, 0.29) is 0 Å². The molecule has 0 radical (unpaired) electrons. The van der Waals surface area contributed by atoms with Crippen molar-refractivity contribution in [3.8, 4) is 11.5 Å². The maximum atomic E-state index is 6.46. The Bertz CT molecular complexity index is 926. The van der Waals surface area contributed by atoms with Crippen LogP contribution in [0.5, 0.6) is 11.5 Å². The molecule has 3 heteroatoms. The first-order chi connectivity index (χ1) is 11.7. The molecule has 3 nitrogen and oxygen atoms in total. The molecule has 118 valence electrons. The molecule has 0 saturated heterocycles. The highest BCUT2D eigenvalue weighted by molar-refractivity contribution is 5.66. The van der Waals surface area contributed by atoms with Crippen LogP contribution in [-0.2, 0) is 16.9 Å².